The van der Waals surface area contributed by atoms with Gasteiger partial charge in [-0.25, -0.2) is 4.68 Å². The van der Waals surface area contributed by atoms with Crippen molar-refractivity contribution < 1.29 is 4.79 Å². The Labute approximate surface area is 141 Å². The van der Waals surface area contributed by atoms with Crippen LogP contribution in [0, 0.1) is 17.2 Å². The average Bonchev–Trinajstić information content (AvgIpc) is 3.23. The molecule has 2 aromatic heterocycles. The minimum absolute atomic E-state index is 0.255. The van der Waals surface area contributed by atoms with Gasteiger partial charge in [0.25, 0.3) is 5.56 Å². The number of hydrogen-bond acceptors (Lipinski definition) is 4. The normalized spacial score (nSPS) is 19.4. The second-order valence-corrected chi connectivity index (χ2v) is 6.44. The minimum atomic E-state index is -0.927. The van der Waals surface area contributed by atoms with Crippen molar-refractivity contribution in [2.24, 2.45) is 5.92 Å². The first kappa shape index (κ1) is 14.5. The number of carbonyl (C=O) groups excluding carboxylic acids is 1. The molecule has 3 aromatic rings. The van der Waals surface area contributed by atoms with Gasteiger partial charge in [0.1, 0.15) is 11.7 Å². The first-order valence-electron chi connectivity index (χ1n) is 7.35. The van der Waals surface area contributed by atoms with Crippen molar-refractivity contribution in [1.82, 2.24) is 9.78 Å². The van der Waals surface area contributed by atoms with E-state index in [1.54, 1.807) is 12.1 Å². The Morgan fingerprint density at radius 2 is 1.92 bits per heavy atom. The van der Waals surface area contributed by atoms with E-state index in [0.29, 0.717) is 17.1 Å². The van der Waals surface area contributed by atoms with Gasteiger partial charge >= 0.3 is 0 Å². The summed E-state index contributed by atoms with van der Waals surface area (Å²) in [5, 5.41) is 16.9. The lowest BCUT2D eigenvalue weighted by Gasteiger charge is -2.24. The van der Waals surface area contributed by atoms with Crippen LogP contribution in [-0.2, 0) is 4.79 Å². The summed E-state index contributed by atoms with van der Waals surface area (Å²) in [5.41, 5.74) is 0.840. The molecule has 4 rings (SSSR count). The van der Waals surface area contributed by atoms with Gasteiger partial charge in [-0.2, -0.15) is 5.26 Å². The number of carbonyl (C=O) groups is 1. The average molecular weight is 336 g/mol. The Bertz CT molecular complexity index is 996. The molecule has 7 heteroatoms. The molecule has 0 aliphatic carbocycles. The SMILES string of the molecule is N#C[C@@H]1C(=O)Nc2[nH]n(-c3ccccc3)c(=O)c2[C@@H]1c1cccs1. The van der Waals surface area contributed by atoms with Crippen LogP contribution in [0.2, 0.25) is 0 Å². The number of benzene rings is 1. The van der Waals surface area contributed by atoms with Crippen molar-refractivity contribution in [2.75, 3.05) is 5.32 Å². The molecular formula is C17H12N4O2S. The maximum Gasteiger partial charge on any atom is 0.277 e. The molecule has 0 saturated heterocycles. The summed E-state index contributed by atoms with van der Waals surface area (Å²) in [5.74, 6) is -1.53. The van der Waals surface area contributed by atoms with E-state index in [0.717, 1.165) is 4.88 Å². The highest BCUT2D eigenvalue weighted by Gasteiger charge is 2.41. The number of nitrogens with one attached hydrogen (secondary N) is 2. The Hall–Kier alpha value is -3.11. The lowest BCUT2D eigenvalue weighted by atomic mass is 9.83. The first-order valence-corrected chi connectivity index (χ1v) is 8.23. The van der Waals surface area contributed by atoms with Crippen molar-refractivity contribution in [3.63, 3.8) is 0 Å². The van der Waals surface area contributed by atoms with Gasteiger partial charge in [-0.05, 0) is 23.6 Å². The molecule has 1 aliphatic rings. The maximum absolute atomic E-state index is 13.0. The van der Waals surface area contributed by atoms with Gasteiger partial charge in [-0.1, -0.05) is 24.3 Å². The molecule has 1 aliphatic heterocycles. The number of nitrogens with zero attached hydrogens (tertiary/aromatic N) is 2. The summed E-state index contributed by atoms with van der Waals surface area (Å²) in [7, 11) is 0. The van der Waals surface area contributed by atoms with Crippen molar-refractivity contribution in [1.29, 1.82) is 5.26 Å². The zero-order valence-corrected chi connectivity index (χ0v) is 13.2. The second-order valence-electron chi connectivity index (χ2n) is 5.47. The summed E-state index contributed by atoms with van der Waals surface area (Å²) in [6, 6.07) is 14.9. The number of nitriles is 1. The number of fused-ring (bicyclic) bond motifs is 1. The third-order valence-electron chi connectivity index (χ3n) is 4.10. The van der Waals surface area contributed by atoms with E-state index in [1.165, 1.54) is 16.0 Å². The Morgan fingerprint density at radius 1 is 1.12 bits per heavy atom. The third kappa shape index (κ3) is 2.08. The number of hydrogen-bond donors (Lipinski definition) is 2. The number of rotatable bonds is 2. The number of aromatic nitrogens is 2. The summed E-state index contributed by atoms with van der Waals surface area (Å²) >= 11 is 1.43. The molecule has 2 atom stereocenters. The molecule has 24 heavy (non-hydrogen) atoms. The van der Waals surface area contributed by atoms with E-state index < -0.39 is 17.7 Å². The van der Waals surface area contributed by atoms with Crippen LogP contribution in [0.3, 0.4) is 0 Å². The predicted molar refractivity (Wildman–Crippen MR) is 90.3 cm³/mol. The monoisotopic (exact) mass is 336 g/mol. The van der Waals surface area contributed by atoms with Crippen LogP contribution in [-0.4, -0.2) is 15.7 Å². The topological polar surface area (TPSA) is 90.7 Å². The highest BCUT2D eigenvalue weighted by molar-refractivity contribution is 7.10. The van der Waals surface area contributed by atoms with Gasteiger partial charge in [-0.15, -0.1) is 11.3 Å². The van der Waals surface area contributed by atoms with Gasteiger partial charge in [0.05, 0.1) is 23.2 Å². The maximum atomic E-state index is 13.0. The van der Waals surface area contributed by atoms with Gasteiger partial charge in [0.2, 0.25) is 5.91 Å². The lowest BCUT2D eigenvalue weighted by Crippen LogP contribution is -2.35. The van der Waals surface area contributed by atoms with Crippen molar-refractivity contribution >= 4 is 23.1 Å². The molecule has 0 bridgehead atoms. The molecule has 6 nitrogen and oxygen atoms in total. The minimum Gasteiger partial charge on any atom is -0.310 e. The van der Waals surface area contributed by atoms with E-state index in [4.69, 9.17) is 0 Å². The van der Waals surface area contributed by atoms with Crippen LogP contribution in [0.5, 0.6) is 0 Å². The van der Waals surface area contributed by atoms with Gasteiger partial charge in [-0.3, -0.25) is 14.7 Å². The van der Waals surface area contributed by atoms with E-state index in [2.05, 4.69) is 10.4 Å². The van der Waals surface area contributed by atoms with E-state index in [-0.39, 0.29) is 5.56 Å². The molecular weight excluding hydrogens is 324 g/mol. The third-order valence-corrected chi connectivity index (χ3v) is 5.06. The molecule has 0 saturated carbocycles. The van der Waals surface area contributed by atoms with Crippen LogP contribution in [0.1, 0.15) is 16.4 Å². The molecule has 118 valence electrons. The van der Waals surface area contributed by atoms with Gasteiger partial charge < -0.3 is 5.32 Å². The summed E-state index contributed by atoms with van der Waals surface area (Å²) in [6.07, 6.45) is 0. The Kier molecular flexibility index (Phi) is 3.32. The fourth-order valence-electron chi connectivity index (χ4n) is 3.02. The lowest BCUT2D eigenvalue weighted by molar-refractivity contribution is -0.119. The standard InChI is InChI=1S/C17H12N4O2S/c18-9-11-13(12-7-4-8-24-12)14-15(19-16(11)22)20-21(17(14)23)10-5-2-1-3-6-10/h1-8,11,13,20H,(H,19,22)/t11-,13-/m0/s1. The Balaban J connectivity index is 1.95. The molecule has 1 aromatic carbocycles. The van der Waals surface area contributed by atoms with Crippen molar-refractivity contribution in [3.05, 3.63) is 68.6 Å². The quantitative estimate of drug-likeness (QED) is 0.753. The van der Waals surface area contributed by atoms with E-state index in [1.807, 2.05) is 41.8 Å². The molecule has 2 N–H and O–H groups in total. The molecule has 0 radical (unpaired) electrons. The Morgan fingerprint density at radius 3 is 2.58 bits per heavy atom. The number of amides is 1. The second kappa shape index (κ2) is 5.51. The highest BCUT2D eigenvalue weighted by Crippen LogP contribution is 2.39. The number of para-hydroxylation sites is 1. The molecule has 0 spiro atoms. The molecule has 0 fully saturated rings. The van der Waals surface area contributed by atoms with Crippen LogP contribution >= 0.6 is 11.3 Å². The number of H-pyrrole nitrogens is 1. The van der Waals surface area contributed by atoms with Crippen LogP contribution in [0.25, 0.3) is 5.69 Å². The molecule has 0 unspecified atom stereocenters. The van der Waals surface area contributed by atoms with Crippen molar-refractivity contribution in [2.45, 2.75) is 5.92 Å². The van der Waals surface area contributed by atoms with Crippen LogP contribution < -0.4 is 10.9 Å². The summed E-state index contributed by atoms with van der Waals surface area (Å²) in [6.45, 7) is 0. The van der Waals surface area contributed by atoms with E-state index in [9.17, 15) is 14.9 Å². The number of thiophene rings is 1. The number of aromatic amines is 1. The zero-order chi connectivity index (χ0) is 16.7. The fourth-order valence-corrected chi connectivity index (χ4v) is 3.89. The predicted octanol–water partition coefficient (Wildman–Crippen LogP) is 2.45. The highest BCUT2D eigenvalue weighted by atomic mass is 32.1. The molecule has 3 heterocycles. The fraction of sp³-hybridized carbons (Fsp3) is 0.118. The largest absolute Gasteiger partial charge is 0.310 e. The van der Waals surface area contributed by atoms with Gasteiger partial charge in [0.15, 0.2) is 0 Å². The summed E-state index contributed by atoms with van der Waals surface area (Å²) in [4.78, 5) is 26.1. The zero-order valence-electron chi connectivity index (χ0n) is 12.4. The first-order chi connectivity index (χ1) is 11.7. The van der Waals surface area contributed by atoms with Crippen molar-refractivity contribution in [3.8, 4) is 11.8 Å². The van der Waals surface area contributed by atoms with E-state index >= 15 is 0 Å². The number of anilines is 1. The van der Waals surface area contributed by atoms with Crippen LogP contribution in [0.15, 0.2) is 52.6 Å². The smallest absolute Gasteiger partial charge is 0.277 e. The summed E-state index contributed by atoms with van der Waals surface area (Å²) < 4.78 is 1.39. The van der Waals surface area contributed by atoms with Crippen LogP contribution in [0.4, 0.5) is 5.82 Å². The van der Waals surface area contributed by atoms with Gasteiger partial charge in [0, 0.05) is 4.88 Å². The molecule has 1 amide bonds.